The average molecular weight is 459 g/mol. The lowest BCUT2D eigenvalue weighted by Gasteiger charge is -2.27. The summed E-state index contributed by atoms with van der Waals surface area (Å²) in [4.78, 5) is 43.5. The van der Waals surface area contributed by atoms with Crippen LogP contribution in [0, 0.1) is 0 Å². The van der Waals surface area contributed by atoms with Crippen molar-refractivity contribution in [3.63, 3.8) is 0 Å². The molecule has 176 valence electrons. The van der Waals surface area contributed by atoms with Gasteiger partial charge in [0.25, 0.3) is 5.56 Å². The van der Waals surface area contributed by atoms with Crippen LogP contribution in [0.2, 0.25) is 0 Å². The third-order valence-electron chi connectivity index (χ3n) is 5.34. The summed E-state index contributed by atoms with van der Waals surface area (Å²) in [6.45, 7) is 6.24. The molecule has 1 fully saturated rings. The van der Waals surface area contributed by atoms with Crippen LogP contribution in [0.5, 0.6) is 0 Å². The Morgan fingerprint density at radius 3 is 2.45 bits per heavy atom. The lowest BCUT2D eigenvalue weighted by molar-refractivity contribution is -0.119. The molecule has 1 saturated heterocycles. The van der Waals surface area contributed by atoms with Gasteiger partial charge in [-0.2, -0.15) is 0 Å². The summed E-state index contributed by atoms with van der Waals surface area (Å²) in [5.41, 5.74) is 4.89. The number of aromatic amines is 1. The Hall–Kier alpha value is -2.18. The van der Waals surface area contributed by atoms with E-state index in [1.807, 2.05) is 18.7 Å². The minimum absolute atomic E-state index is 0.000848. The first-order chi connectivity index (χ1) is 14.6. The van der Waals surface area contributed by atoms with Gasteiger partial charge in [0.1, 0.15) is 5.82 Å². The summed E-state index contributed by atoms with van der Waals surface area (Å²) >= 11 is 0. The van der Waals surface area contributed by atoms with Crippen molar-refractivity contribution in [3.05, 3.63) is 20.8 Å². The van der Waals surface area contributed by atoms with Crippen molar-refractivity contribution in [2.24, 2.45) is 0 Å². The highest BCUT2D eigenvalue weighted by Crippen LogP contribution is 2.19. The molecule has 0 spiro atoms. The minimum atomic E-state index is -3.28. The number of anilines is 2. The molecule has 2 heterocycles. The molecule has 0 bridgehead atoms. The molecule has 3 N–H and O–H groups in total. The fourth-order valence-electron chi connectivity index (χ4n) is 3.67. The Labute approximate surface area is 182 Å². The fraction of sp³-hybridized carbons (Fsp3) is 0.737. The molecular weight excluding hydrogens is 424 g/mol. The van der Waals surface area contributed by atoms with Crippen molar-refractivity contribution in [2.75, 3.05) is 56.2 Å². The fourth-order valence-corrected chi connectivity index (χ4v) is 4.55. The van der Waals surface area contributed by atoms with E-state index in [1.165, 1.54) is 20.0 Å². The lowest BCUT2D eigenvalue weighted by atomic mass is 10.2. The zero-order valence-corrected chi connectivity index (χ0v) is 19.4. The molecule has 2 rings (SSSR count). The Bertz CT molecular complexity index is 986. The Morgan fingerprint density at radius 1 is 1.13 bits per heavy atom. The number of nitrogens with two attached hydrogens (primary N) is 1. The number of amides is 1. The first-order valence-corrected chi connectivity index (χ1v) is 12.5. The third-order valence-corrected chi connectivity index (χ3v) is 6.65. The molecule has 0 saturated carbocycles. The highest BCUT2D eigenvalue weighted by Gasteiger charge is 2.27. The van der Waals surface area contributed by atoms with Crippen LogP contribution in [0.15, 0.2) is 9.59 Å². The highest BCUT2D eigenvalue weighted by atomic mass is 32.2. The van der Waals surface area contributed by atoms with Crippen LogP contribution < -0.4 is 21.9 Å². The van der Waals surface area contributed by atoms with Gasteiger partial charge in [-0.3, -0.25) is 24.0 Å². The molecule has 0 atom stereocenters. The van der Waals surface area contributed by atoms with Gasteiger partial charge in [0, 0.05) is 32.7 Å². The topological polar surface area (TPSA) is 142 Å². The number of hydrogen-bond donors (Lipinski definition) is 2. The van der Waals surface area contributed by atoms with Crippen LogP contribution in [-0.2, 0) is 21.4 Å². The number of rotatable bonds is 9. The van der Waals surface area contributed by atoms with Crippen LogP contribution in [-0.4, -0.2) is 78.6 Å². The molecule has 12 heteroatoms. The zero-order valence-electron chi connectivity index (χ0n) is 18.6. The van der Waals surface area contributed by atoms with Gasteiger partial charge in [-0.15, -0.1) is 0 Å². The summed E-state index contributed by atoms with van der Waals surface area (Å²) in [5, 5.41) is 0. The standard InChI is InChI=1S/C19H34N6O5S/c1-4-6-11-24(16-17(20)25(8-5-2)19(28)21-18(16)27)15(26)14-22-9-7-10-23(13-12-22)31(3,29)30/h4-14,20H2,1-3H3,(H,21,27,28). The number of aromatic nitrogens is 2. The molecule has 1 aromatic rings. The van der Waals surface area contributed by atoms with Gasteiger partial charge in [-0.25, -0.2) is 17.5 Å². The number of sulfonamides is 1. The monoisotopic (exact) mass is 458 g/mol. The molecule has 1 aliphatic heterocycles. The summed E-state index contributed by atoms with van der Waals surface area (Å²) in [6, 6.07) is 0. The second-order valence-electron chi connectivity index (χ2n) is 7.84. The third kappa shape index (κ3) is 6.40. The number of nitrogen functional groups attached to an aromatic ring is 1. The maximum absolute atomic E-state index is 13.2. The molecule has 1 amide bonds. The van der Waals surface area contributed by atoms with Crippen molar-refractivity contribution < 1.29 is 13.2 Å². The van der Waals surface area contributed by atoms with Crippen LogP contribution >= 0.6 is 0 Å². The molecular formula is C19H34N6O5S. The van der Waals surface area contributed by atoms with Gasteiger partial charge in [0.05, 0.1) is 12.8 Å². The SMILES string of the molecule is CCCCN(C(=O)CN1CCCN(S(C)(=O)=O)CC1)c1c(N)n(CCC)c(=O)[nH]c1=O. The maximum atomic E-state index is 13.2. The summed E-state index contributed by atoms with van der Waals surface area (Å²) in [6.07, 6.45) is 3.91. The van der Waals surface area contributed by atoms with Gasteiger partial charge in [0.15, 0.2) is 5.69 Å². The van der Waals surface area contributed by atoms with E-state index in [-0.39, 0.29) is 24.0 Å². The van der Waals surface area contributed by atoms with Crippen molar-refractivity contribution in [2.45, 2.75) is 46.1 Å². The second kappa shape index (κ2) is 10.9. The number of hydrogen-bond acceptors (Lipinski definition) is 7. The molecule has 1 aliphatic rings. The number of H-pyrrole nitrogens is 1. The van der Waals surface area contributed by atoms with Gasteiger partial charge >= 0.3 is 5.69 Å². The number of nitrogens with zero attached hydrogens (tertiary/aromatic N) is 4. The van der Waals surface area contributed by atoms with Gasteiger partial charge in [0.2, 0.25) is 15.9 Å². The predicted molar refractivity (Wildman–Crippen MR) is 121 cm³/mol. The largest absolute Gasteiger partial charge is 0.383 e. The van der Waals surface area contributed by atoms with Crippen molar-refractivity contribution in [3.8, 4) is 0 Å². The van der Waals surface area contributed by atoms with E-state index in [9.17, 15) is 22.8 Å². The van der Waals surface area contributed by atoms with Gasteiger partial charge < -0.3 is 10.6 Å². The summed E-state index contributed by atoms with van der Waals surface area (Å²) in [5.74, 6) is -0.320. The molecule has 0 aliphatic carbocycles. The summed E-state index contributed by atoms with van der Waals surface area (Å²) < 4.78 is 26.3. The summed E-state index contributed by atoms with van der Waals surface area (Å²) in [7, 11) is -3.28. The van der Waals surface area contributed by atoms with Gasteiger partial charge in [-0.05, 0) is 25.8 Å². The Morgan fingerprint density at radius 2 is 1.84 bits per heavy atom. The van der Waals surface area contributed by atoms with Crippen LogP contribution in [0.25, 0.3) is 0 Å². The quantitative estimate of drug-likeness (QED) is 0.514. The molecule has 0 radical (unpaired) electrons. The lowest BCUT2D eigenvalue weighted by Crippen LogP contribution is -2.46. The molecule has 1 aromatic heterocycles. The predicted octanol–water partition coefficient (Wildman–Crippen LogP) is -0.371. The average Bonchev–Trinajstić information content (AvgIpc) is 2.93. The first kappa shape index (κ1) is 25.1. The molecule has 0 aromatic carbocycles. The van der Waals surface area contributed by atoms with E-state index >= 15 is 0 Å². The van der Waals surface area contributed by atoms with E-state index in [0.29, 0.717) is 58.5 Å². The molecule has 11 nitrogen and oxygen atoms in total. The van der Waals surface area contributed by atoms with Crippen molar-refractivity contribution >= 4 is 27.4 Å². The van der Waals surface area contributed by atoms with Gasteiger partial charge in [-0.1, -0.05) is 20.3 Å². The Kier molecular flexibility index (Phi) is 8.83. The molecule has 31 heavy (non-hydrogen) atoms. The van der Waals surface area contributed by atoms with Crippen LogP contribution in [0.4, 0.5) is 11.5 Å². The van der Waals surface area contributed by atoms with E-state index in [1.54, 1.807) is 0 Å². The van der Waals surface area contributed by atoms with Crippen LogP contribution in [0.3, 0.4) is 0 Å². The zero-order chi connectivity index (χ0) is 23.2. The normalized spacial score (nSPS) is 16.2. The molecule has 0 unspecified atom stereocenters. The van der Waals surface area contributed by atoms with Crippen molar-refractivity contribution in [1.82, 2.24) is 18.8 Å². The van der Waals surface area contributed by atoms with E-state index in [0.717, 1.165) is 6.42 Å². The number of carbonyl (C=O) groups is 1. The maximum Gasteiger partial charge on any atom is 0.330 e. The van der Waals surface area contributed by atoms with E-state index in [2.05, 4.69) is 4.98 Å². The smallest absolute Gasteiger partial charge is 0.330 e. The second-order valence-corrected chi connectivity index (χ2v) is 9.82. The van der Waals surface area contributed by atoms with Crippen molar-refractivity contribution in [1.29, 1.82) is 0 Å². The number of nitrogens with one attached hydrogen (secondary N) is 1. The first-order valence-electron chi connectivity index (χ1n) is 10.7. The number of carbonyl (C=O) groups excluding carboxylic acids is 1. The van der Waals surface area contributed by atoms with E-state index in [4.69, 9.17) is 5.73 Å². The number of unbranched alkanes of at least 4 members (excludes halogenated alkanes) is 1. The highest BCUT2D eigenvalue weighted by molar-refractivity contribution is 7.88. The van der Waals surface area contributed by atoms with Crippen LogP contribution in [0.1, 0.15) is 39.5 Å². The Balaban J connectivity index is 2.29. The minimum Gasteiger partial charge on any atom is -0.383 e. The van der Waals surface area contributed by atoms with E-state index < -0.39 is 21.3 Å².